The topological polar surface area (TPSA) is 9.72 Å². The Hall–Kier alpha value is -6.78. The third kappa shape index (κ3) is 7.72. The molecule has 0 fully saturated rings. The van der Waals surface area contributed by atoms with Crippen molar-refractivity contribution >= 4 is 74.3 Å². The molecule has 0 amide bonds. The van der Waals surface area contributed by atoms with Crippen LogP contribution in [0.5, 0.6) is 0 Å². The van der Waals surface area contributed by atoms with Crippen molar-refractivity contribution in [2.45, 2.75) is 174 Å². The summed E-state index contributed by atoms with van der Waals surface area (Å²) in [6, 6.07) is 61.6. The lowest BCUT2D eigenvalue weighted by atomic mass is 9.33. The molecule has 79 heavy (non-hydrogen) atoms. The van der Waals surface area contributed by atoms with Crippen LogP contribution in [-0.2, 0) is 37.9 Å². The summed E-state index contributed by atoms with van der Waals surface area (Å²) in [7, 11) is 0. The van der Waals surface area contributed by atoms with E-state index in [-0.39, 0.29) is 44.6 Å². The Morgan fingerprint density at radius 3 is 1.46 bits per heavy atom. The largest absolute Gasteiger partial charge is 0.311 e. The molecule has 2 heterocycles. The van der Waals surface area contributed by atoms with E-state index in [1.165, 1.54) is 113 Å². The summed E-state index contributed by atoms with van der Waals surface area (Å²) in [6.45, 7) is 39.4. The second kappa shape index (κ2) is 17.1. The third-order valence-electron chi connectivity index (χ3n) is 20.4. The SMILES string of the molecule is Cc1cc2c(cc1N1c3ccc(C(C)(C)c4ccccc4)cc3B3c4cc5c(cc4N(c4ccc6c(c4C)C(C)(C)CC6(C)C)c4cc(N(c6ccccc6)c6ccccc6)cc1c43)C(C)(C)CC5(C)C)C(C)(C)CCC2(C)C. The van der Waals surface area contributed by atoms with Gasteiger partial charge in [0.2, 0.25) is 0 Å². The highest BCUT2D eigenvalue weighted by Gasteiger charge is 2.51. The number of nitrogens with zero attached hydrogens (tertiary/aromatic N) is 3. The van der Waals surface area contributed by atoms with Crippen molar-refractivity contribution in [1.82, 2.24) is 0 Å². The Morgan fingerprint density at radius 2 is 0.861 bits per heavy atom. The third-order valence-corrected chi connectivity index (χ3v) is 20.4. The molecule has 0 spiro atoms. The van der Waals surface area contributed by atoms with Gasteiger partial charge in [-0.3, -0.25) is 0 Å². The number of benzene rings is 8. The smallest absolute Gasteiger partial charge is 0.252 e. The standard InChI is InChI=1S/C75H82BN3/c1-47-38-55-57(70(5,6)37-36-69(55,3)4)43-63(47)79-62-34-32-50(75(15,16)49-26-20-17-21-27-49)39-59(62)76-60-42-56-58(73(11,12)45-72(56,9)10)44-64(60)78(61-35-33-54-67(48(61)2)74(13,14)46-71(54,7)8)65-40-53(41-66(79)68(65)76)77(51-28-22-18-23-29-51)52-30-24-19-25-31-52/h17-35,38-44H,36-37,45-46H2,1-16H3. The Bertz CT molecular complexity index is 3760. The first-order chi connectivity index (χ1) is 37.2. The highest BCUT2D eigenvalue weighted by Crippen LogP contribution is 2.58. The van der Waals surface area contributed by atoms with E-state index in [4.69, 9.17) is 0 Å². The maximum Gasteiger partial charge on any atom is 0.252 e. The molecule has 0 saturated heterocycles. The van der Waals surface area contributed by atoms with E-state index in [2.05, 4.69) is 283 Å². The first kappa shape index (κ1) is 51.6. The maximum atomic E-state index is 2.76. The number of para-hydroxylation sites is 2. The van der Waals surface area contributed by atoms with Crippen LogP contribution in [0.25, 0.3) is 0 Å². The van der Waals surface area contributed by atoms with E-state index in [9.17, 15) is 0 Å². The van der Waals surface area contributed by atoms with E-state index in [1.807, 2.05) is 0 Å². The van der Waals surface area contributed by atoms with Crippen molar-refractivity contribution in [3.63, 3.8) is 0 Å². The molecule has 0 N–H and O–H groups in total. The molecule has 0 aromatic heterocycles. The Balaban J connectivity index is 1.21. The molecule has 3 aliphatic carbocycles. The van der Waals surface area contributed by atoms with Crippen LogP contribution in [0, 0.1) is 13.8 Å². The van der Waals surface area contributed by atoms with Gasteiger partial charge in [0.15, 0.2) is 0 Å². The normalized spacial score (nSPS) is 19.0. The lowest BCUT2D eigenvalue weighted by Gasteiger charge is -2.47. The van der Waals surface area contributed by atoms with E-state index in [1.54, 1.807) is 0 Å². The molecule has 3 nitrogen and oxygen atoms in total. The van der Waals surface area contributed by atoms with Gasteiger partial charge >= 0.3 is 0 Å². The number of aryl methyl sites for hydroxylation is 1. The quantitative estimate of drug-likeness (QED) is 0.147. The fraction of sp³-hybridized carbons (Fsp3) is 0.360. The van der Waals surface area contributed by atoms with Gasteiger partial charge in [-0.2, -0.15) is 0 Å². The number of fused-ring (bicyclic) bond motifs is 7. The van der Waals surface area contributed by atoms with Gasteiger partial charge in [-0.1, -0.05) is 194 Å². The monoisotopic (exact) mass is 1040 g/mol. The first-order valence-corrected chi connectivity index (χ1v) is 29.6. The number of hydrogen-bond acceptors (Lipinski definition) is 3. The van der Waals surface area contributed by atoms with Crippen molar-refractivity contribution in [2.75, 3.05) is 14.7 Å². The molecule has 13 rings (SSSR count). The number of anilines is 9. The Kier molecular flexibility index (Phi) is 11.2. The summed E-state index contributed by atoms with van der Waals surface area (Å²) in [5, 5.41) is 0. The summed E-state index contributed by atoms with van der Waals surface area (Å²) >= 11 is 0. The molecular weight excluding hydrogens is 954 g/mol. The van der Waals surface area contributed by atoms with Crippen LogP contribution in [0.2, 0.25) is 0 Å². The predicted octanol–water partition coefficient (Wildman–Crippen LogP) is 18.4. The van der Waals surface area contributed by atoms with E-state index >= 15 is 0 Å². The van der Waals surface area contributed by atoms with Gasteiger partial charge in [0.1, 0.15) is 0 Å². The van der Waals surface area contributed by atoms with Gasteiger partial charge in [0, 0.05) is 50.9 Å². The van der Waals surface area contributed by atoms with Crippen molar-refractivity contribution < 1.29 is 0 Å². The van der Waals surface area contributed by atoms with Gasteiger partial charge in [-0.25, -0.2) is 0 Å². The summed E-state index contributed by atoms with van der Waals surface area (Å²) in [6.07, 6.45) is 4.54. The van der Waals surface area contributed by atoms with Crippen LogP contribution in [0.1, 0.15) is 178 Å². The van der Waals surface area contributed by atoms with Crippen LogP contribution in [0.4, 0.5) is 51.2 Å². The lowest BCUT2D eigenvalue weighted by molar-refractivity contribution is 0.332. The van der Waals surface area contributed by atoms with Crippen LogP contribution >= 0.6 is 0 Å². The van der Waals surface area contributed by atoms with E-state index in [0.29, 0.717) is 0 Å². The summed E-state index contributed by atoms with van der Waals surface area (Å²) < 4.78 is 0. The summed E-state index contributed by atoms with van der Waals surface area (Å²) in [5.74, 6) is 0. The molecule has 8 aromatic carbocycles. The minimum absolute atomic E-state index is 0.00186. The van der Waals surface area contributed by atoms with Crippen molar-refractivity contribution in [3.8, 4) is 0 Å². The average molecular weight is 1040 g/mol. The molecule has 5 aliphatic rings. The molecule has 0 saturated carbocycles. The fourth-order valence-electron chi connectivity index (χ4n) is 16.7. The minimum Gasteiger partial charge on any atom is -0.311 e. The highest BCUT2D eigenvalue weighted by atomic mass is 15.2. The number of rotatable bonds is 7. The second-order valence-corrected chi connectivity index (χ2v) is 29.2. The van der Waals surface area contributed by atoms with Crippen LogP contribution in [0.15, 0.2) is 158 Å². The molecule has 2 aliphatic heterocycles. The zero-order chi connectivity index (χ0) is 55.7. The second-order valence-electron chi connectivity index (χ2n) is 29.2. The van der Waals surface area contributed by atoms with E-state index < -0.39 is 0 Å². The van der Waals surface area contributed by atoms with Crippen LogP contribution < -0.4 is 31.1 Å². The maximum absolute atomic E-state index is 2.76. The zero-order valence-electron chi connectivity index (χ0n) is 50.3. The van der Waals surface area contributed by atoms with Crippen molar-refractivity contribution in [1.29, 1.82) is 0 Å². The van der Waals surface area contributed by atoms with Gasteiger partial charge in [0.25, 0.3) is 6.71 Å². The average Bonchev–Trinajstić information content (AvgIpc) is 3.22. The van der Waals surface area contributed by atoms with E-state index in [0.717, 1.165) is 36.3 Å². The molecule has 8 aromatic rings. The Morgan fingerprint density at radius 1 is 0.392 bits per heavy atom. The van der Waals surface area contributed by atoms with Crippen molar-refractivity contribution in [2.24, 2.45) is 0 Å². The Labute approximate surface area is 474 Å². The number of hydrogen-bond donors (Lipinski definition) is 0. The minimum atomic E-state index is -0.257. The molecule has 0 bridgehead atoms. The molecule has 0 atom stereocenters. The van der Waals surface area contributed by atoms with Crippen molar-refractivity contribution in [3.05, 3.63) is 213 Å². The van der Waals surface area contributed by atoms with Gasteiger partial charge in [-0.05, 0) is 205 Å². The predicted molar refractivity (Wildman–Crippen MR) is 340 cm³/mol. The van der Waals surface area contributed by atoms with Gasteiger partial charge in [0.05, 0.1) is 5.69 Å². The molecule has 4 heteroatoms. The van der Waals surface area contributed by atoms with Crippen LogP contribution in [0.3, 0.4) is 0 Å². The zero-order valence-corrected chi connectivity index (χ0v) is 50.3. The lowest BCUT2D eigenvalue weighted by Crippen LogP contribution is -2.62. The van der Waals surface area contributed by atoms with Gasteiger partial charge < -0.3 is 14.7 Å². The molecule has 400 valence electrons. The molecule has 0 unspecified atom stereocenters. The summed E-state index contributed by atoms with van der Waals surface area (Å²) in [5.41, 5.74) is 29.3. The highest BCUT2D eigenvalue weighted by molar-refractivity contribution is 7.00. The van der Waals surface area contributed by atoms with Gasteiger partial charge in [-0.15, -0.1) is 0 Å². The molecule has 0 radical (unpaired) electrons. The molecular formula is C75H82BN3. The summed E-state index contributed by atoms with van der Waals surface area (Å²) in [4.78, 5) is 7.98. The fourth-order valence-corrected chi connectivity index (χ4v) is 16.7. The first-order valence-electron chi connectivity index (χ1n) is 29.6. The van der Waals surface area contributed by atoms with Crippen LogP contribution in [-0.4, -0.2) is 6.71 Å².